The van der Waals surface area contributed by atoms with Crippen LogP contribution in [0.25, 0.3) is 0 Å². The van der Waals surface area contributed by atoms with E-state index in [9.17, 15) is 5.11 Å². The van der Waals surface area contributed by atoms with Crippen LogP contribution in [0.4, 0.5) is 0 Å². The monoisotopic (exact) mass is 210 g/mol. The number of nitrogens with zero attached hydrogens (tertiary/aromatic N) is 2. The lowest BCUT2D eigenvalue weighted by Crippen LogP contribution is -2.13. The zero-order chi connectivity index (χ0) is 11.4. The van der Waals surface area contributed by atoms with Crippen molar-refractivity contribution in [3.63, 3.8) is 0 Å². The molecule has 1 N–H and O–H groups in total. The van der Waals surface area contributed by atoms with Gasteiger partial charge in [-0.1, -0.05) is 6.92 Å². The van der Waals surface area contributed by atoms with Crippen LogP contribution in [0, 0.1) is 6.92 Å². The molecule has 0 radical (unpaired) electrons. The molecule has 0 saturated heterocycles. The van der Waals surface area contributed by atoms with Crippen molar-refractivity contribution in [2.24, 2.45) is 0 Å². The number of aryl methyl sites for hydroxylation is 1. The van der Waals surface area contributed by atoms with Crippen molar-refractivity contribution in [1.82, 2.24) is 9.97 Å². The first-order valence-corrected chi connectivity index (χ1v) is 5.21. The summed E-state index contributed by atoms with van der Waals surface area (Å²) in [6, 6.07) is 1.79. The largest absolute Gasteiger partial charge is 0.478 e. The quantitative estimate of drug-likeness (QED) is 0.821. The molecular formula is C11H18N2O2. The second kappa shape index (κ2) is 5.07. The minimum Gasteiger partial charge on any atom is -0.478 e. The molecule has 2 unspecified atom stereocenters. The van der Waals surface area contributed by atoms with E-state index in [1.54, 1.807) is 13.0 Å². The Bertz CT molecular complexity index is 326. The molecule has 0 aromatic carbocycles. The second-order valence-corrected chi connectivity index (χ2v) is 3.64. The Hall–Kier alpha value is -1.16. The van der Waals surface area contributed by atoms with Gasteiger partial charge in [0.2, 0.25) is 5.88 Å². The van der Waals surface area contributed by atoms with Crippen molar-refractivity contribution in [2.75, 3.05) is 6.61 Å². The Morgan fingerprint density at radius 1 is 1.40 bits per heavy atom. The van der Waals surface area contributed by atoms with E-state index in [1.807, 2.05) is 20.8 Å². The number of aromatic nitrogens is 2. The molecule has 4 nitrogen and oxygen atoms in total. The minimum absolute atomic E-state index is 0.00842. The van der Waals surface area contributed by atoms with Gasteiger partial charge in [0.25, 0.3) is 0 Å². The minimum atomic E-state index is -0.422. The number of ether oxygens (including phenoxy) is 1. The lowest BCUT2D eigenvalue weighted by molar-refractivity contribution is 0.167. The molecule has 0 aliphatic heterocycles. The molecule has 84 valence electrons. The van der Waals surface area contributed by atoms with Crippen LogP contribution in [0.3, 0.4) is 0 Å². The van der Waals surface area contributed by atoms with E-state index in [0.29, 0.717) is 18.3 Å². The lowest BCUT2D eigenvalue weighted by atomic mass is 10.0. The average Bonchev–Trinajstić information content (AvgIpc) is 2.16. The van der Waals surface area contributed by atoms with Crippen LogP contribution in [-0.2, 0) is 0 Å². The summed E-state index contributed by atoms with van der Waals surface area (Å²) >= 11 is 0. The van der Waals surface area contributed by atoms with E-state index in [2.05, 4.69) is 9.97 Å². The van der Waals surface area contributed by atoms with Gasteiger partial charge in [0.1, 0.15) is 5.82 Å². The first kappa shape index (κ1) is 11.9. The van der Waals surface area contributed by atoms with Gasteiger partial charge in [0.15, 0.2) is 0 Å². The molecule has 15 heavy (non-hydrogen) atoms. The third-order valence-corrected chi connectivity index (χ3v) is 2.32. The van der Waals surface area contributed by atoms with Gasteiger partial charge in [0.05, 0.1) is 18.4 Å². The number of aliphatic hydroxyl groups excluding tert-OH is 1. The maximum atomic E-state index is 9.48. The molecule has 0 saturated carbocycles. The van der Waals surface area contributed by atoms with E-state index >= 15 is 0 Å². The fourth-order valence-corrected chi connectivity index (χ4v) is 1.26. The van der Waals surface area contributed by atoms with Gasteiger partial charge < -0.3 is 9.84 Å². The van der Waals surface area contributed by atoms with Gasteiger partial charge in [-0.2, -0.15) is 4.98 Å². The van der Waals surface area contributed by atoms with Crippen LogP contribution >= 0.6 is 0 Å². The average molecular weight is 210 g/mol. The van der Waals surface area contributed by atoms with Crippen LogP contribution < -0.4 is 4.74 Å². The highest BCUT2D eigenvalue weighted by atomic mass is 16.5. The predicted molar refractivity (Wildman–Crippen MR) is 58.0 cm³/mol. The highest BCUT2D eigenvalue weighted by Gasteiger charge is 2.15. The second-order valence-electron chi connectivity index (χ2n) is 3.64. The van der Waals surface area contributed by atoms with Crippen molar-refractivity contribution in [2.45, 2.75) is 39.7 Å². The van der Waals surface area contributed by atoms with Crippen LogP contribution in [0.1, 0.15) is 38.2 Å². The van der Waals surface area contributed by atoms with Crippen molar-refractivity contribution in [3.8, 4) is 5.88 Å². The van der Waals surface area contributed by atoms with Crippen LogP contribution in [0.5, 0.6) is 5.88 Å². The van der Waals surface area contributed by atoms with Crippen LogP contribution in [-0.4, -0.2) is 27.8 Å². The Kier molecular flexibility index (Phi) is 4.03. The summed E-state index contributed by atoms with van der Waals surface area (Å²) in [6.07, 6.45) is -0.422. The first-order valence-electron chi connectivity index (χ1n) is 5.21. The topological polar surface area (TPSA) is 55.2 Å². The van der Waals surface area contributed by atoms with E-state index in [1.165, 1.54) is 0 Å². The van der Waals surface area contributed by atoms with Gasteiger partial charge in [-0.25, -0.2) is 4.98 Å². The zero-order valence-corrected chi connectivity index (χ0v) is 9.69. The molecule has 0 aliphatic rings. The van der Waals surface area contributed by atoms with Crippen molar-refractivity contribution in [3.05, 3.63) is 17.6 Å². The van der Waals surface area contributed by atoms with Crippen LogP contribution in [0.2, 0.25) is 0 Å². The Morgan fingerprint density at radius 2 is 2.07 bits per heavy atom. The summed E-state index contributed by atoms with van der Waals surface area (Å²) in [5, 5.41) is 9.48. The Morgan fingerprint density at radius 3 is 2.60 bits per heavy atom. The number of aliphatic hydroxyl groups is 1. The number of hydrogen-bond acceptors (Lipinski definition) is 4. The molecule has 1 aromatic rings. The normalized spacial score (nSPS) is 14.7. The van der Waals surface area contributed by atoms with Gasteiger partial charge >= 0.3 is 0 Å². The summed E-state index contributed by atoms with van der Waals surface area (Å²) < 4.78 is 5.32. The molecule has 0 aliphatic carbocycles. The lowest BCUT2D eigenvalue weighted by Gasteiger charge is -2.15. The molecule has 0 fully saturated rings. The fourth-order valence-electron chi connectivity index (χ4n) is 1.26. The van der Waals surface area contributed by atoms with Crippen LogP contribution in [0.15, 0.2) is 6.07 Å². The highest BCUT2D eigenvalue weighted by molar-refractivity contribution is 5.19. The molecule has 0 spiro atoms. The van der Waals surface area contributed by atoms with Gasteiger partial charge in [0, 0.05) is 12.0 Å². The SMILES string of the molecule is CCOc1cc(C(C)C(C)O)nc(C)n1. The molecule has 0 bridgehead atoms. The van der Waals surface area contributed by atoms with Crippen molar-refractivity contribution >= 4 is 0 Å². The summed E-state index contributed by atoms with van der Waals surface area (Å²) in [6.45, 7) is 8.00. The van der Waals surface area contributed by atoms with E-state index in [0.717, 1.165) is 5.69 Å². The standard InChI is InChI=1S/C11H18N2O2/c1-5-15-11-6-10(7(2)8(3)14)12-9(4)13-11/h6-8,14H,5H2,1-4H3. The third-order valence-electron chi connectivity index (χ3n) is 2.32. The molecular weight excluding hydrogens is 192 g/mol. The van der Waals surface area contributed by atoms with Gasteiger partial charge in [-0.3, -0.25) is 0 Å². The summed E-state index contributed by atoms with van der Waals surface area (Å²) in [7, 11) is 0. The van der Waals surface area contributed by atoms with Gasteiger partial charge in [-0.05, 0) is 20.8 Å². The van der Waals surface area contributed by atoms with Crippen molar-refractivity contribution in [1.29, 1.82) is 0 Å². The number of rotatable bonds is 4. The molecule has 4 heteroatoms. The first-order chi connectivity index (χ1) is 7.04. The van der Waals surface area contributed by atoms with Crippen molar-refractivity contribution < 1.29 is 9.84 Å². The van der Waals surface area contributed by atoms with E-state index in [4.69, 9.17) is 4.74 Å². The Labute approximate surface area is 90.3 Å². The van der Waals surface area contributed by atoms with E-state index < -0.39 is 6.10 Å². The predicted octanol–water partition coefficient (Wildman–Crippen LogP) is 1.67. The highest BCUT2D eigenvalue weighted by Crippen LogP contribution is 2.20. The maximum Gasteiger partial charge on any atom is 0.216 e. The Balaban J connectivity index is 2.97. The summed E-state index contributed by atoms with van der Waals surface area (Å²) in [4.78, 5) is 8.44. The fraction of sp³-hybridized carbons (Fsp3) is 0.636. The molecule has 0 amide bonds. The molecule has 1 heterocycles. The third kappa shape index (κ3) is 3.16. The smallest absolute Gasteiger partial charge is 0.216 e. The summed E-state index contributed by atoms with van der Waals surface area (Å²) in [5.74, 6) is 1.24. The van der Waals surface area contributed by atoms with Gasteiger partial charge in [-0.15, -0.1) is 0 Å². The summed E-state index contributed by atoms with van der Waals surface area (Å²) in [5.41, 5.74) is 0.820. The maximum absolute atomic E-state index is 9.48. The molecule has 1 rings (SSSR count). The molecule has 2 atom stereocenters. The number of hydrogen-bond donors (Lipinski definition) is 1. The molecule has 1 aromatic heterocycles. The zero-order valence-electron chi connectivity index (χ0n) is 9.69. The van der Waals surface area contributed by atoms with E-state index in [-0.39, 0.29) is 5.92 Å².